The number of rotatable bonds is 3. The van der Waals surface area contributed by atoms with Gasteiger partial charge in [-0.15, -0.1) is 0 Å². The number of carbonyl (C=O) groups is 1. The quantitative estimate of drug-likeness (QED) is 0.591. The van der Waals surface area contributed by atoms with Crippen LogP contribution in [0.25, 0.3) is 0 Å². The summed E-state index contributed by atoms with van der Waals surface area (Å²) in [6, 6.07) is 15.7. The summed E-state index contributed by atoms with van der Waals surface area (Å²) in [4.78, 5) is 17.3. The summed E-state index contributed by atoms with van der Waals surface area (Å²) in [6.45, 7) is 9.07. The van der Waals surface area contributed by atoms with Crippen LogP contribution in [0.2, 0.25) is 0 Å². The van der Waals surface area contributed by atoms with Crippen LogP contribution in [0.5, 0.6) is 0 Å². The molecule has 4 heteroatoms. The maximum absolute atomic E-state index is 13.8. The summed E-state index contributed by atoms with van der Waals surface area (Å²) >= 11 is 0. The van der Waals surface area contributed by atoms with Crippen molar-refractivity contribution in [2.45, 2.75) is 74.6 Å². The molecule has 0 spiro atoms. The molecule has 2 atom stereocenters. The Kier molecular flexibility index (Phi) is 5.71. The second-order valence-corrected chi connectivity index (χ2v) is 10.9. The van der Waals surface area contributed by atoms with Gasteiger partial charge in [-0.05, 0) is 77.1 Å². The van der Waals surface area contributed by atoms with Gasteiger partial charge in [-0.3, -0.25) is 4.79 Å². The first-order chi connectivity index (χ1) is 14.3. The highest BCUT2D eigenvalue weighted by molar-refractivity contribution is 7.85. The molecule has 1 amide bonds. The van der Waals surface area contributed by atoms with Gasteiger partial charge < -0.3 is 4.90 Å². The highest BCUT2D eigenvalue weighted by Gasteiger charge is 2.41. The van der Waals surface area contributed by atoms with Crippen molar-refractivity contribution in [3.05, 3.63) is 70.8 Å². The molecule has 1 heterocycles. The van der Waals surface area contributed by atoms with Crippen molar-refractivity contribution in [1.29, 1.82) is 0 Å². The standard InChI is InChI=1S/C26H31NO2S/c1-18-13-15-20(16-14-18)30(29)23-12-8-7-11-22(23)24-21-10-6-5-9-19(21)17-27(25(24)28)26(2,3)4/h7-8,11-16,24H,5-6,9-10,17H2,1-4H3. The van der Waals surface area contributed by atoms with E-state index >= 15 is 0 Å². The van der Waals surface area contributed by atoms with Crippen LogP contribution < -0.4 is 0 Å². The Bertz CT molecular complexity index is 1010. The Morgan fingerprint density at radius 2 is 1.63 bits per heavy atom. The van der Waals surface area contributed by atoms with Crippen LogP contribution in [0.3, 0.4) is 0 Å². The highest BCUT2D eigenvalue weighted by atomic mass is 32.2. The molecule has 0 saturated carbocycles. The first-order valence-corrected chi connectivity index (χ1v) is 12.0. The van der Waals surface area contributed by atoms with E-state index in [4.69, 9.17) is 0 Å². The van der Waals surface area contributed by atoms with Crippen molar-refractivity contribution in [2.75, 3.05) is 6.54 Å². The van der Waals surface area contributed by atoms with Crippen LogP contribution >= 0.6 is 0 Å². The smallest absolute Gasteiger partial charge is 0.235 e. The lowest BCUT2D eigenvalue weighted by Gasteiger charge is -2.45. The molecule has 158 valence electrons. The minimum atomic E-state index is -1.32. The first-order valence-electron chi connectivity index (χ1n) is 10.9. The van der Waals surface area contributed by atoms with Crippen LogP contribution in [0.15, 0.2) is 69.5 Å². The van der Waals surface area contributed by atoms with Gasteiger partial charge in [0, 0.05) is 21.9 Å². The molecule has 30 heavy (non-hydrogen) atoms. The van der Waals surface area contributed by atoms with Crippen LogP contribution in [0.1, 0.15) is 63.5 Å². The minimum absolute atomic E-state index is 0.150. The number of carbonyl (C=O) groups excluding carboxylic acids is 1. The van der Waals surface area contributed by atoms with Crippen molar-refractivity contribution in [3.8, 4) is 0 Å². The molecule has 0 bridgehead atoms. The van der Waals surface area contributed by atoms with Crippen LogP contribution in [-0.4, -0.2) is 27.1 Å². The second-order valence-electron chi connectivity index (χ2n) is 9.48. The fraction of sp³-hybridized carbons (Fsp3) is 0.423. The fourth-order valence-corrected chi connectivity index (χ4v) is 5.90. The van der Waals surface area contributed by atoms with Crippen molar-refractivity contribution < 1.29 is 9.00 Å². The van der Waals surface area contributed by atoms with E-state index in [1.165, 1.54) is 17.6 Å². The molecule has 0 aromatic heterocycles. The lowest BCUT2D eigenvalue weighted by Crippen LogP contribution is -2.52. The van der Waals surface area contributed by atoms with E-state index < -0.39 is 10.8 Å². The molecule has 4 rings (SSSR count). The van der Waals surface area contributed by atoms with E-state index in [1.54, 1.807) is 0 Å². The summed E-state index contributed by atoms with van der Waals surface area (Å²) in [5, 5.41) is 0. The molecule has 0 saturated heterocycles. The van der Waals surface area contributed by atoms with Gasteiger partial charge in [0.05, 0.1) is 16.7 Å². The van der Waals surface area contributed by atoms with Gasteiger partial charge in [-0.2, -0.15) is 0 Å². The fourth-order valence-electron chi connectivity index (χ4n) is 4.66. The highest BCUT2D eigenvalue weighted by Crippen LogP contribution is 2.44. The van der Waals surface area contributed by atoms with Crippen LogP contribution in [0.4, 0.5) is 0 Å². The van der Waals surface area contributed by atoms with Gasteiger partial charge in [-0.1, -0.05) is 47.0 Å². The molecule has 0 fully saturated rings. The van der Waals surface area contributed by atoms with Gasteiger partial charge in [0.1, 0.15) is 0 Å². The van der Waals surface area contributed by atoms with Crippen LogP contribution in [-0.2, 0) is 15.6 Å². The zero-order valence-electron chi connectivity index (χ0n) is 18.4. The van der Waals surface area contributed by atoms with E-state index in [-0.39, 0.29) is 17.4 Å². The van der Waals surface area contributed by atoms with Gasteiger partial charge in [-0.25, -0.2) is 4.21 Å². The van der Waals surface area contributed by atoms with E-state index in [9.17, 15) is 9.00 Å². The zero-order valence-corrected chi connectivity index (χ0v) is 19.2. The van der Waals surface area contributed by atoms with E-state index in [2.05, 4.69) is 20.8 Å². The number of benzene rings is 2. The molecule has 2 aliphatic rings. The molecule has 2 aromatic rings. The van der Waals surface area contributed by atoms with Crippen molar-refractivity contribution in [1.82, 2.24) is 4.90 Å². The summed E-state index contributed by atoms with van der Waals surface area (Å²) in [6.07, 6.45) is 4.35. The molecule has 2 unspecified atom stereocenters. The zero-order chi connectivity index (χ0) is 21.5. The lowest BCUT2D eigenvalue weighted by molar-refractivity contribution is -0.137. The van der Waals surface area contributed by atoms with E-state index in [1.807, 2.05) is 60.4 Å². The summed E-state index contributed by atoms with van der Waals surface area (Å²) < 4.78 is 13.5. The normalized spacial score (nSPS) is 20.9. The Labute approximate surface area is 182 Å². The predicted molar refractivity (Wildman–Crippen MR) is 122 cm³/mol. The maximum Gasteiger partial charge on any atom is 0.235 e. The average Bonchev–Trinajstić information content (AvgIpc) is 2.73. The summed E-state index contributed by atoms with van der Waals surface area (Å²) in [7, 11) is -1.32. The number of nitrogens with zero attached hydrogens (tertiary/aromatic N) is 1. The molecule has 0 N–H and O–H groups in total. The van der Waals surface area contributed by atoms with Crippen molar-refractivity contribution in [3.63, 3.8) is 0 Å². The van der Waals surface area contributed by atoms with E-state index in [0.29, 0.717) is 0 Å². The predicted octanol–water partition coefficient (Wildman–Crippen LogP) is 5.76. The number of aryl methyl sites for hydroxylation is 1. The molecular weight excluding hydrogens is 390 g/mol. The lowest BCUT2D eigenvalue weighted by atomic mass is 9.76. The topological polar surface area (TPSA) is 37.4 Å². The van der Waals surface area contributed by atoms with Crippen molar-refractivity contribution in [2.24, 2.45) is 0 Å². The largest absolute Gasteiger partial charge is 0.333 e. The van der Waals surface area contributed by atoms with Gasteiger partial charge in [0.2, 0.25) is 5.91 Å². The molecule has 2 aromatic carbocycles. The summed E-state index contributed by atoms with van der Waals surface area (Å²) in [5.41, 5.74) is 4.50. The second kappa shape index (κ2) is 8.14. The Morgan fingerprint density at radius 1 is 0.967 bits per heavy atom. The Balaban J connectivity index is 1.83. The molecule has 0 radical (unpaired) electrons. The third-order valence-electron chi connectivity index (χ3n) is 6.31. The molecule has 1 aliphatic carbocycles. The van der Waals surface area contributed by atoms with Gasteiger partial charge >= 0.3 is 0 Å². The van der Waals surface area contributed by atoms with Crippen LogP contribution in [0, 0.1) is 6.92 Å². The molecular formula is C26H31NO2S. The number of hydrogen-bond acceptors (Lipinski definition) is 2. The third kappa shape index (κ3) is 3.90. The van der Waals surface area contributed by atoms with Gasteiger partial charge in [0.15, 0.2) is 0 Å². The van der Waals surface area contributed by atoms with E-state index in [0.717, 1.165) is 46.7 Å². The van der Waals surface area contributed by atoms with Crippen molar-refractivity contribution >= 4 is 16.7 Å². The SMILES string of the molecule is Cc1ccc(S(=O)c2ccccc2C2C(=O)N(C(C)(C)C)CC3=C2CCCC3)cc1. The Hall–Kier alpha value is -2.20. The summed E-state index contributed by atoms with van der Waals surface area (Å²) in [5.74, 6) is -0.171. The molecule has 1 aliphatic heterocycles. The Morgan fingerprint density at radius 3 is 2.33 bits per heavy atom. The first kappa shape index (κ1) is 21.0. The number of hydrogen-bond donors (Lipinski definition) is 0. The van der Waals surface area contributed by atoms with Gasteiger partial charge in [0.25, 0.3) is 0 Å². The molecule has 3 nitrogen and oxygen atoms in total. The third-order valence-corrected chi connectivity index (χ3v) is 7.79. The minimum Gasteiger partial charge on any atom is -0.333 e. The monoisotopic (exact) mass is 421 g/mol. The maximum atomic E-state index is 13.8. The average molecular weight is 422 g/mol. The number of amides is 1.